The van der Waals surface area contributed by atoms with E-state index in [2.05, 4.69) is 20.8 Å². The van der Waals surface area contributed by atoms with Gasteiger partial charge in [-0.05, 0) is 51.1 Å². The number of aromatic nitrogens is 2. The fraction of sp³-hybridized carbons (Fsp3) is 0.469. The molecule has 3 aromatic rings. The fourth-order valence-corrected chi connectivity index (χ4v) is 5.47. The standard InChI is InChI=1S/C32H39ClFN7O5/c1-18-15-40(16-19(2)27(18)34)29-23(35-6)14-22(33)28(39-29)38-21-8-9-24-20(12-21)13-25(45-17-26(42)36-7)30(43)41(24)11-10-37-31(44)46-32(3,4)5/h8-9,12-14,18-19,27H,10-11,15-17H2,1-5,7H3,(H,36,42)(H,37,44)(H,38,39)/t18-,19+,27?. The SMILES string of the molecule is [C-]#[N+]c1cc(Cl)c(Nc2ccc3c(c2)cc(OCC(=O)NC)c(=O)n3CCNC(=O)OC(C)(C)C)nc1N1C[C@@H](C)C(F)[C@@H](C)C1. The fourth-order valence-electron chi connectivity index (χ4n) is 5.28. The van der Waals surface area contributed by atoms with Crippen LogP contribution in [0.1, 0.15) is 34.6 Å². The van der Waals surface area contributed by atoms with Crippen molar-refractivity contribution < 1.29 is 23.5 Å². The van der Waals surface area contributed by atoms with Gasteiger partial charge in [0, 0.05) is 56.1 Å². The number of hydrogen-bond acceptors (Lipinski definition) is 8. The molecule has 12 nitrogen and oxygen atoms in total. The van der Waals surface area contributed by atoms with Crippen LogP contribution in [0.3, 0.4) is 0 Å². The number of nitrogens with one attached hydrogen (secondary N) is 3. The molecule has 46 heavy (non-hydrogen) atoms. The van der Waals surface area contributed by atoms with E-state index >= 15 is 0 Å². The number of benzene rings is 1. The Labute approximate surface area is 272 Å². The Morgan fingerprint density at radius 1 is 1.17 bits per heavy atom. The van der Waals surface area contributed by atoms with Gasteiger partial charge in [-0.1, -0.05) is 25.4 Å². The van der Waals surface area contributed by atoms with Crippen LogP contribution in [0.2, 0.25) is 5.02 Å². The van der Waals surface area contributed by atoms with Crippen molar-refractivity contribution in [3.63, 3.8) is 0 Å². The van der Waals surface area contributed by atoms with Crippen molar-refractivity contribution in [1.29, 1.82) is 0 Å². The van der Waals surface area contributed by atoms with Crippen LogP contribution in [0, 0.1) is 18.4 Å². The second-order valence-electron chi connectivity index (χ2n) is 12.3. The van der Waals surface area contributed by atoms with Crippen molar-refractivity contribution in [2.75, 3.05) is 43.5 Å². The predicted molar refractivity (Wildman–Crippen MR) is 176 cm³/mol. The van der Waals surface area contributed by atoms with E-state index in [1.54, 1.807) is 39.0 Å². The Morgan fingerprint density at radius 2 is 1.87 bits per heavy atom. The first-order valence-electron chi connectivity index (χ1n) is 14.9. The Balaban J connectivity index is 1.67. The van der Waals surface area contributed by atoms with Gasteiger partial charge >= 0.3 is 6.09 Å². The van der Waals surface area contributed by atoms with Crippen LogP contribution in [-0.4, -0.2) is 66.6 Å². The molecule has 0 radical (unpaired) electrons. The zero-order chi connectivity index (χ0) is 33.8. The van der Waals surface area contributed by atoms with Crippen LogP contribution >= 0.6 is 11.6 Å². The molecular weight excluding hydrogens is 617 g/mol. The molecule has 1 aromatic carbocycles. The molecule has 1 saturated heterocycles. The highest BCUT2D eigenvalue weighted by Gasteiger charge is 2.33. The minimum absolute atomic E-state index is 0.0510. The number of fused-ring (bicyclic) bond motifs is 1. The van der Waals surface area contributed by atoms with Crippen LogP contribution in [-0.2, 0) is 16.1 Å². The maximum Gasteiger partial charge on any atom is 0.407 e. The summed E-state index contributed by atoms with van der Waals surface area (Å²) in [6, 6.07) is 8.31. The zero-order valence-electron chi connectivity index (χ0n) is 26.7. The smallest absolute Gasteiger partial charge is 0.407 e. The van der Waals surface area contributed by atoms with Crippen LogP contribution in [0.15, 0.2) is 35.1 Å². The average molecular weight is 656 g/mol. The highest BCUT2D eigenvalue weighted by Crippen LogP contribution is 2.38. The van der Waals surface area contributed by atoms with Gasteiger partial charge in [-0.25, -0.2) is 19.0 Å². The van der Waals surface area contributed by atoms with Gasteiger partial charge in [0.2, 0.25) is 5.69 Å². The third kappa shape index (κ3) is 8.17. The molecule has 2 amide bonds. The Hall–Kier alpha value is -4.57. The summed E-state index contributed by atoms with van der Waals surface area (Å²) in [6.07, 6.45) is -1.56. The molecule has 3 heterocycles. The molecule has 3 atom stereocenters. The molecule has 0 spiro atoms. The number of amides is 2. The lowest BCUT2D eigenvalue weighted by Crippen LogP contribution is -2.46. The summed E-state index contributed by atoms with van der Waals surface area (Å²) in [4.78, 5) is 47.7. The van der Waals surface area contributed by atoms with Crippen LogP contribution in [0.5, 0.6) is 5.75 Å². The molecule has 0 bridgehead atoms. The Morgan fingerprint density at radius 3 is 2.50 bits per heavy atom. The van der Waals surface area contributed by atoms with E-state index < -0.39 is 29.3 Å². The lowest BCUT2D eigenvalue weighted by molar-refractivity contribution is -0.122. The number of hydrogen-bond donors (Lipinski definition) is 3. The number of alkyl carbamates (subject to hydrolysis) is 1. The van der Waals surface area contributed by atoms with Gasteiger partial charge < -0.3 is 34.9 Å². The summed E-state index contributed by atoms with van der Waals surface area (Å²) in [6.45, 7) is 17.3. The van der Waals surface area contributed by atoms with Gasteiger partial charge in [-0.15, -0.1) is 0 Å². The van der Waals surface area contributed by atoms with Crippen molar-refractivity contribution in [3.8, 4) is 5.75 Å². The minimum atomic E-state index is -0.939. The number of ether oxygens (including phenoxy) is 2. The second kappa shape index (κ2) is 14.2. The average Bonchev–Trinajstić information content (AvgIpc) is 2.99. The van der Waals surface area contributed by atoms with E-state index in [4.69, 9.17) is 32.6 Å². The third-order valence-electron chi connectivity index (χ3n) is 7.43. The number of anilines is 3. The summed E-state index contributed by atoms with van der Waals surface area (Å²) in [7, 11) is 1.46. The van der Waals surface area contributed by atoms with Gasteiger partial charge in [0.1, 0.15) is 23.4 Å². The zero-order valence-corrected chi connectivity index (χ0v) is 27.5. The van der Waals surface area contributed by atoms with Crippen molar-refractivity contribution >= 4 is 57.5 Å². The van der Waals surface area contributed by atoms with E-state index in [0.717, 1.165) is 0 Å². The second-order valence-corrected chi connectivity index (χ2v) is 12.7. The van der Waals surface area contributed by atoms with Crippen molar-refractivity contribution in [2.24, 2.45) is 11.8 Å². The van der Waals surface area contributed by atoms with Crippen LogP contribution in [0.4, 0.5) is 32.2 Å². The highest BCUT2D eigenvalue weighted by atomic mass is 35.5. The van der Waals surface area contributed by atoms with Gasteiger partial charge in [-0.2, -0.15) is 0 Å². The predicted octanol–water partition coefficient (Wildman–Crippen LogP) is 5.42. The van der Waals surface area contributed by atoms with E-state index in [1.165, 1.54) is 23.7 Å². The maximum absolute atomic E-state index is 14.5. The van der Waals surface area contributed by atoms with Gasteiger partial charge in [-0.3, -0.25) is 9.59 Å². The topological polar surface area (TPSA) is 131 Å². The summed E-state index contributed by atoms with van der Waals surface area (Å²) < 4.78 is 26.8. The summed E-state index contributed by atoms with van der Waals surface area (Å²) in [5.41, 5.74) is 0.234. The summed E-state index contributed by atoms with van der Waals surface area (Å²) >= 11 is 6.55. The number of alkyl halides is 1. The number of rotatable bonds is 9. The summed E-state index contributed by atoms with van der Waals surface area (Å²) in [5.74, 6) is -0.194. The third-order valence-corrected chi connectivity index (χ3v) is 7.71. The molecule has 1 fully saturated rings. The molecule has 1 aliphatic heterocycles. The van der Waals surface area contributed by atoms with Gasteiger partial charge in [0.25, 0.3) is 11.5 Å². The summed E-state index contributed by atoms with van der Waals surface area (Å²) in [5, 5.41) is 9.13. The Bertz CT molecular complexity index is 1710. The molecule has 14 heteroatoms. The van der Waals surface area contributed by atoms with Crippen molar-refractivity contribution in [2.45, 2.75) is 52.9 Å². The monoisotopic (exact) mass is 655 g/mol. The molecule has 0 saturated carbocycles. The minimum Gasteiger partial charge on any atom is -0.478 e. The van der Waals surface area contributed by atoms with E-state index in [9.17, 15) is 18.8 Å². The number of halogens is 2. The number of pyridine rings is 2. The van der Waals surface area contributed by atoms with E-state index in [-0.39, 0.29) is 48.0 Å². The van der Waals surface area contributed by atoms with Crippen LogP contribution < -0.4 is 31.1 Å². The van der Waals surface area contributed by atoms with E-state index in [1.807, 2.05) is 18.7 Å². The molecule has 246 valence electrons. The Kier molecular flexibility index (Phi) is 10.6. The van der Waals surface area contributed by atoms with Crippen molar-refractivity contribution in [1.82, 2.24) is 20.2 Å². The number of piperidine rings is 1. The highest BCUT2D eigenvalue weighted by molar-refractivity contribution is 6.33. The van der Waals surface area contributed by atoms with Gasteiger partial charge in [0.15, 0.2) is 12.4 Å². The quantitative estimate of drug-likeness (QED) is 0.261. The first-order valence-corrected chi connectivity index (χ1v) is 15.3. The lowest BCUT2D eigenvalue weighted by atomic mass is 9.89. The van der Waals surface area contributed by atoms with Crippen LogP contribution in [0.25, 0.3) is 15.7 Å². The molecule has 2 aromatic heterocycles. The lowest BCUT2D eigenvalue weighted by Gasteiger charge is -2.39. The first-order chi connectivity index (χ1) is 21.7. The number of nitrogens with zero attached hydrogens (tertiary/aromatic N) is 4. The largest absolute Gasteiger partial charge is 0.478 e. The first kappa shape index (κ1) is 34.3. The molecule has 1 unspecified atom stereocenters. The normalized spacial score (nSPS) is 18.1. The number of carbonyl (C=O) groups is 2. The number of carbonyl (C=O) groups excluding carboxylic acids is 2. The molecule has 3 N–H and O–H groups in total. The van der Waals surface area contributed by atoms with E-state index in [0.29, 0.717) is 41.3 Å². The van der Waals surface area contributed by atoms with Crippen molar-refractivity contribution in [3.05, 3.63) is 57.1 Å². The maximum atomic E-state index is 14.5. The number of likely N-dealkylation sites (N-methyl/N-ethyl adjacent to an activating group) is 1. The molecule has 4 rings (SSSR count). The van der Waals surface area contributed by atoms with Gasteiger partial charge in [0.05, 0.1) is 17.1 Å². The molecular formula is C32H39ClFN7O5. The molecule has 0 aliphatic carbocycles. The molecule has 1 aliphatic rings.